The highest BCUT2D eigenvalue weighted by atomic mass is 16.6. The molecule has 1 aliphatic heterocycles. The molecule has 0 amide bonds. The zero-order valence-electron chi connectivity index (χ0n) is 19.1. The van der Waals surface area contributed by atoms with E-state index in [-0.39, 0.29) is 0 Å². The van der Waals surface area contributed by atoms with Crippen LogP contribution in [-0.4, -0.2) is 11.7 Å². The smallest absolute Gasteiger partial charge is 0.100 e. The lowest BCUT2D eigenvalue weighted by Gasteiger charge is -2.59. The van der Waals surface area contributed by atoms with Gasteiger partial charge in [0, 0.05) is 5.41 Å². The minimum absolute atomic E-state index is 0.330. The van der Waals surface area contributed by atoms with Crippen LogP contribution in [0.4, 0.5) is 0 Å². The predicted octanol–water partition coefficient (Wildman–Crippen LogP) is 7.92. The maximum Gasteiger partial charge on any atom is 0.100 e. The van der Waals surface area contributed by atoms with Crippen LogP contribution in [-0.2, 0) is 4.74 Å². The van der Waals surface area contributed by atoms with Gasteiger partial charge in [-0.25, -0.2) is 0 Å². The van der Waals surface area contributed by atoms with Crippen LogP contribution in [0.15, 0.2) is 0 Å². The van der Waals surface area contributed by atoms with Crippen molar-refractivity contribution in [3.05, 3.63) is 0 Å². The van der Waals surface area contributed by atoms with Gasteiger partial charge in [0.1, 0.15) is 5.60 Å². The van der Waals surface area contributed by atoms with E-state index in [1.807, 2.05) is 0 Å². The molecular formula is C27H46O. The lowest BCUT2D eigenvalue weighted by Crippen LogP contribution is -2.57. The number of hydrogen-bond acceptors (Lipinski definition) is 1. The Kier molecular flexibility index (Phi) is 5.17. The van der Waals surface area contributed by atoms with Gasteiger partial charge in [0.2, 0.25) is 0 Å². The minimum Gasteiger partial charge on any atom is -0.365 e. The molecule has 160 valence electrons. The predicted molar refractivity (Wildman–Crippen MR) is 117 cm³/mol. The van der Waals surface area contributed by atoms with Crippen molar-refractivity contribution in [2.45, 2.75) is 135 Å². The van der Waals surface area contributed by atoms with Gasteiger partial charge in [-0.3, -0.25) is 0 Å². The first kappa shape index (κ1) is 19.9. The second-order valence-corrected chi connectivity index (χ2v) is 12.1. The van der Waals surface area contributed by atoms with Gasteiger partial charge in [-0.1, -0.05) is 65.7 Å². The van der Waals surface area contributed by atoms with Gasteiger partial charge < -0.3 is 4.74 Å². The molecule has 0 N–H and O–H groups in total. The Morgan fingerprint density at radius 2 is 1.61 bits per heavy atom. The van der Waals surface area contributed by atoms with Gasteiger partial charge in [-0.2, -0.15) is 0 Å². The van der Waals surface area contributed by atoms with Crippen molar-refractivity contribution in [3.8, 4) is 0 Å². The average molecular weight is 387 g/mol. The molecule has 0 unspecified atom stereocenters. The summed E-state index contributed by atoms with van der Waals surface area (Å²) in [5, 5.41) is 0. The molecule has 0 bridgehead atoms. The largest absolute Gasteiger partial charge is 0.365 e. The van der Waals surface area contributed by atoms with E-state index in [2.05, 4.69) is 20.8 Å². The van der Waals surface area contributed by atoms with Crippen molar-refractivity contribution in [2.24, 2.45) is 34.5 Å². The molecule has 28 heavy (non-hydrogen) atoms. The fourth-order valence-corrected chi connectivity index (χ4v) is 9.50. The van der Waals surface area contributed by atoms with Crippen LogP contribution in [0.3, 0.4) is 0 Å². The Morgan fingerprint density at radius 1 is 0.786 bits per heavy atom. The first-order chi connectivity index (χ1) is 13.6. The van der Waals surface area contributed by atoms with E-state index >= 15 is 0 Å². The monoisotopic (exact) mass is 386 g/mol. The quantitative estimate of drug-likeness (QED) is 0.320. The second kappa shape index (κ2) is 7.28. The summed E-state index contributed by atoms with van der Waals surface area (Å²) in [7, 11) is 0. The SMILES string of the molecule is CCCCCCCC[C@H]1CC[C@H]2[C@@H]3CC[C@]45O[C@H]4CCC[C@]5(C)[C@H]3CC[C@]12C. The summed E-state index contributed by atoms with van der Waals surface area (Å²) in [4.78, 5) is 0. The van der Waals surface area contributed by atoms with Crippen LogP contribution in [0.25, 0.3) is 0 Å². The van der Waals surface area contributed by atoms with E-state index in [0.29, 0.717) is 22.5 Å². The third kappa shape index (κ3) is 2.80. The number of ether oxygens (including phenoxy) is 1. The molecule has 8 atom stereocenters. The first-order valence-electron chi connectivity index (χ1n) is 13.2. The minimum atomic E-state index is 0.330. The normalized spacial score (nSPS) is 51.8. The van der Waals surface area contributed by atoms with Gasteiger partial charge in [-0.05, 0) is 86.9 Å². The summed E-state index contributed by atoms with van der Waals surface area (Å²) in [5.41, 5.74) is 1.51. The maximum absolute atomic E-state index is 6.47. The van der Waals surface area contributed by atoms with Crippen LogP contribution >= 0.6 is 0 Å². The third-order valence-electron chi connectivity index (χ3n) is 11.2. The summed E-state index contributed by atoms with van der Waals surface area (Å²) in [6, 6.07) is 0. The lowest BCUT2D eigenvalue weighted by molar-refractivity contribution is -0.112. The van der Waals surface area contributed by atoms with E-state index in [1.165, 1.54) is 89.9 Å². The molecule has 1 nitrogen and oxygen atoms in total. The molecule has 5 rings (SSSR count). The highest BCUT2D eigenvalue weighted by Gasteiger charge is 2.73. The van der Waals surface area contributed by atoms with E-state index in [0.717, 1.165) is 23.7 Å². The molecule has 0 aromatic heterocycles. The number of hydrogen-bond donors (Lipinski definition) is 0. The Hall–Kier alpha value is -0.0400. The van der Waals surface area contributed by atoms with Crippen LogP contribution < -0.4 is 0 Å². The van der Waals surface area contributed by atoms with E-state index < -0.39 is 0 Å². The standard InChI is InChI=1S/C27H46O/c1-4-5-6-7-8-9-11-20-13-14-22-21-15-19-27-24(28-27)12-10-17-26(27,3)23(21)16-18-25(20,22)2/h20-24H,4-19H2,1-3H3/t20-,21-,22-,23-,24-,25+,26+,27-/m0/s1. The summed E-state index contributed by atoms with van der Waals surface area (Å²) >= 11 is 0. The number of epoxide rings is 1. The molecule has 4 saturated carbocycles. The van der Waals surface area contributed by atoms with Gasteiger partial charge in [0.15, 0.2) is 0 Å². The van der Waals surface area contributed by atoms with Crippen LogP contribution in [0, 0.1) is 34.5 Å². The summed E-state index contributed by atoms with van der Waals surface area (Å²) in [5.74, 6) is 4.05. The molecule has 0 aromatic carbocycles. The molecule has 1 heterocycles. The molecule has 5 aliphatic rings. The van der Waals surface area contributed by atoms with E-state index in [1.54, 1.807) is 12.8 Å². The van der Waals surface area contributed by atoms with Crippen molar-refractivity contribution in [2.75, 3.05) is 0 Å². The maximum atomic E-state index is 6.47. The zero-order chi connectivity index (χ0) is 19.4. The van der Waals surface area contributed by atoms with Crippen LogP contribution in [0.5, 0.6) is 0 Å². The second-order valence-electron chi connectivity index (χ2n) is 12.1. The molecule has 1 saturated heterocycles. The third-order valence-corrected chi connectivity index (χ3v) is 11.2. The Morgan fingerprint density at radius 3 is 2.46 bits per heavy atom. The van der Waals surface area contributed by atoms with Gasteiger partial charge >= 0.3 is 0 Å². The highest BCUT2D eigenvalue weighted by Crippen LogP contribution is 2.73. The van der Waals surface area contributed by atoms with Crippen LogP contribution in [0.1, 0.15) is 124 Å². The van der Waals surface area contributed by atoms with Gasteiger partial charge in [-0.15, -0.1) is 0 Å². The summed E-state index contributed by atoms with van der Waals surface area (Å²) in [6.45, 7) is 7.72. The van der Waals surface area contributed by atoms with Crippen LogP contribution in [0.2, 0.25) is 0 Å². The number of rotatable bonds is 7. The van der Waals surface area contributed by atoms with Crippen molar-refractivity contribution in [1.29, 1.82) is 0 Å². The summed E-state index contributed by atoms with van der Waals surface area (Å²) in [6.07, 6.45) is 24.2. The van der Waals surface area contributed by atoms with Crippen molar-refractivity contribution in [3.63, 3.8) is 0 Å². The molecular weight excluding hydrogens is 340 g/mol. The highest BCUT2D eigenvalue weighted by molar-refractivity contribution is 5.22. The molecule has 0 radical (unpaired) electrons. The van der Waals surface area contributed by atoms with Crippen molar-refractivity contribution in [1.82, 2.24) is 0 Å². The fraction of sp³-hybridized carbons (Fsp3) is 1.00. The number of fused-ring (bicyclic) bond motifs is 4. The zero-order valence-corrected chi connectivity index (χ0v) is 19.1. The van der Waals surface area contributed by atoms with Gasteiger partial charge in [0.05, 0.1) is 6.10 Å². The molecule has 4 aliphatic carbocycles. The Bertz CT molecular complexity index is 571. The number of unbranched alkanes of at least 4 members (excludes halogenated alkanes) is 5. The first-order valence-corrected chi connectivity index (χ1v) is 13.2. The molecule has 5 fully saturated rings. The fourth-order valence-electron chi connectivity index (χ4n) is 9.50. The Labute approximate surface area is 174 Å². The lowest BCUT2D eigenvalue weighted by atomic mass is 9.44. The average Bonchev–Trinajstić information content (AvgIpc) is 3.32. The molecule has 1 heteroatoms. The van der Waals surface area contributed by atoms with E-state index in [4.69, 9.17) is 4.74 Å². The van der Waals surface area contributed by atoms with Gasteiger partial charge in [0.25, 0.3) is 0 Å². The van der Waals surface area contributed by atoms with Crippen molar-refractivity contribution >= 4 is 0 Å². The molecule has 1 spiro atoms. The Balaban J connectivity index is 1.23. The molecule has 0 aromatic rings. The van der Waals surface area contributed by atoms with Crippen molar-refractivity contribution < 1.29 is 4.74 Å². The van der Waals surface area contributed by atoms with E-state index in [9.17, 15) is 0 Å². The summed E-state index contributed by atoms with van der Waals surface area (Å²) < 4.78 is 6.47. The topological polar surface area (TPSA) is 12.5 Å².